The van der Waals surface area contributed by atoms with Gasteiger partial charge in [-0.05, 0) is 0 Å². The van der Waals surface area contributed by atoms with Crippen molar-refractivity contribution in [1.29, 1.82) is 5.26 Å². The second-order valence-electron chi connectivity index (χ2n) is 10.6. The predicted octanol–water partition coefficient (Wildman–Crippen LogP) is 7.52. The maximum absolute atomic E-state index is 12.6. The van der Waals surface area contributed by atoms with Crippen LogP contribution in [0.4, 0.5) is 10.7 Å². The summed E-state index contributed by atoms with van der Waals surface area (Å²) in [7, 11) is 2.05. The number of rotatable bonds is 13. The number of primary amides is 1. The summed E-state index contributed by atoms with van der Waals surface area (Å²) < 4.78 is 1.44. The van der Waals surface area contributed by atoms with E-state index < -0.39 is 5.91 Å². The van der Waals surface area contributed by atoms with Crippen molar-refractivity contribution in [2.75, 3.05) is 11.9 Å². The van der Waals surface area contributed by atoms with Gasteiger partial charge in [-0.2, -0.15) is 0 Å². The van der Waals surface area contributed by atoms with Crippen molar-refractivity contribution in [3.8, 4) is 17.3 Å². The van der Waals surface area contributed by atoms with Gasteiger partial charge in [0, 0.05) is 0 Å². The van der Waals surface area contributed by atoms with Crippen molar-refractivity contribution in [3.05, 3.63) is 69.6 Å². The third-order valence-electron chi connectivity index (χ3n) is 7.80. The molecule has 4 aromatic rings. The van der Waals surface area contributed by atoms with Crippen LogP contribution in [0.25, 0.3) is 22.2 Å². The van der Waals surface area contributed by atoms with E-state index in [-0.39, 0.29) is 0 Å². The molecule has 7 heteroatoms. The third-order valence-corrected chi connectivity index (χ3v) is 10.5. The number of benzene rings is 2. The number of hydrogen-bond acceptors (Lipinski definition) is 5. The Labute approximate surface area is 261 Å². The number of amides is 1. The van der Waals surface area contributed by atoms with Crippen LogP contribution in [0.15, 0.2) is 41.8 Å². The minimum atomic E-state index is -0.522. The molecule has 0 aliphatic carbocycles. The molecule has 41 heavy (non-hydrogen) atoms. The minimum absolute atomic E-state index is 0.380. The van der Waals surface area contributed by atoms with E-state index in [0.717, 1.165) is 79.4 Å². The van der Waals surface area contributed by atoms with Crippen LogP contribution in [0.5, 0.6) is 0 Å². The number of thiophene rings is 1. The maximum atomic E-state index is 12.6. The van der Waals surface area contributed by atoms with Crippen molar-refractivity contribution in [3.63, 3.8) is 0 Å². The average molecular weight is 670 g/mol. The van der Waals surface area contributed by atoms with Gasteiger partial charge in [0.25, 0.3) is 0 Å². The van der Waals surface area contributed by atoms with Crippen LogP contribution in [-0.4, -0.2) is 40.5 Å². The van der Waals surface area contributed by atoms with E-state index in [1.807, 2.05) is 25.2 Å². The molecule has 0 aliphatic heterocycles. The summed E-state index contributed by atoms with van der Waals surface area (Å²) in [4.78, 5) is 20.1. The molecule has 2 heterocycles. The molecule has 0 unspecified atom stereocenters. The first-order valence-electron chi connectivity index (χ1n) is 14.7. The zero-order valence-corrected chi connectivity index (χ0v) is 28.3. The number of aryl methyl sites for hydroxylation is 2. The fraction of sp³-hybridized carbons (Fsp3) is 0.382. The third kappa shape index (κ3) is 6.31. The first-order chi connectivity index (χ1) is 19.9. The Morgan fingerprint density at radius 2 is 1.61 bits per heavy atom. The number of unbranched alkanes of at least 4 members (excludes halogenated alkanes) is 3. The molecular formula is C34H39N4OSSn. The van der Waals surface area contributed by atoms with Crippen LogP contribution in [-0.2, 0) is 19.3 Å². The molecule has 0 saturated heterocycles. The summed E-state index contributed by atoms with van der Waals surface area (Å²) >= 11 is 3.06. The van der Waals surface area contributed by atoms with Crippen LogP contribution in [0.1, 0.15) is 91.9 Å². The SMILES string of the molecule is CCCCc1[c]([Sn])c(CCCC)c2c(N(C)c3cccs3)c(C#N)c(-c3ccccc3C(N)=O)nc2c1CCCC. The van der Waals surface area contributed by atoms with Crippen molar-refractivity contribution in [2.45, 2.75) is 78.6 Å². The van der Waals surface area contributed by atoms with E-state index >= 15 is 0 Å². The molecule has 0 fully saturated rings. The van der Waals surface area contributed by atoms with Gasteiger partial charge in [0.05, 0.1) is 0 Å². The topological polar surface area (TPSA) is 83.0 Å². The number of aromatic nitrogens is 1. The monoisotopic (exact) mass is 671 g/mol. The zero-order valence-electron chi connectivity index (χ0n) is 24.6. The normalized spacial score (nSPS) is 11.1. The summed E-state index contributed by atoms with van der Waals surface area (Å²) in [5.41, 5.74) is 13.8. The van der Waals surface area contributed by atoms with E-state index in [2.05, 4.69) is 43.2 Å². The summed E-state index contributed by atoms with van der Waals surface area (Å²) in [6, 6.07) is 13.9. The average Bonchev–Trinajstić information content (AvgIpc) is 3.53. The number of nitrogens with two attached hydrogens (primary N) is 1. The van der Waals surface area contributed by atoms with Crippen LogP contribution < -0.4 is 14.2 Å². The summed E-state index contributed by atoms with van der Waals surface area (Å²) in [5.74, 6) is -0.522. The molecule has 0 atom stereocenters. The number of nitriles is 1. The molecule has 1 amide bonds. The number of fused-ring (bicyclic) bond motifs is 1. The van der Waals surface area contributed by atoms with Gasteiger partial charge < -0.3 is 0 Å². The standard InChI is InChI=1S/C34H39N4OS.Sn/c1-5-8-14-23-21-24(15-9-6-2)30-32(25(23)16-10-7-3)37-31(26-17-11-12-18-27(26)34(36)39)28(22-35)33(30)38(4)29-19-13-20-40-29;/h11-13,17-20H,5-10,14-16H2,1-4H3,(H2,36,39);. The van der Waals surface area contributed by atoms with Gasteiger partial charge in [0.15, 0.2) is 0 Å². The van der Waals surface area contributed by atoms with E-state index in [1.54, 1.807) is 23.5 Å². The van der Waals surface area contributed by atoms with Gasteiger partial charge >= 0.3 is 263 Å². The van der Waals surface area contributed by atoms with Gasteiger partial charge in [-0.1, -0.05) is 0 Å². The predicted molar refractivity (Wildman–Crippen MR) is 174 cm³/mol. The van der Waals surface area contributed by atoms with Crippen LogP contribution in [0, 0.1) is 11.3 Å². The summed E-state index contributed by atoms with van der Waals surface area (Å²) in [6.45, 7) is 6.71. The molecule has 4 rings (SSSR count). The molecule has 5 nitrogen and oxygen atoms in total. The fourth-order valence-corrected chi connectivity index (χ4v) is 7.85. The zero-order chi connectivity index (χ0) is 29.5. The molecule has 3 radical (unpaired) electrons. The Balaban J connectivity index is 2.26. The fourth-order valence-electron chi connectivity index (χ4n) is 5.65. The Kier molecular flexibility index (Phi) is 10.9. The molecule has 0 saturated carbocycles. The number of hydrogen-bond donors (Lipinski definition) is 1. The molecule has 2 aromatic heterocycles. The molecule has 0 spiro atoms. The number of nitrogens with zero attached hydrogens (tertiary/aromatic N) is 3. The number of carbonyl (C=O) groups is 1. The van der Waals surface area contributed by atoms with Gasteiger partial charge in [-0.25, -0.2) is 0 Å². The van der Waals surface area contributed by atoms with Crippen LogP contribution >= 0.6 is 11.3 Å². The van der Waals surface area contributed by atoms with E-state index in [4.69, 9.17) is 10.7 Å². The summed E-state index contributed by atoms with van der Waals surface area (Å²) in [6.07, 6.45) is 9.54. The number of anilines is 2. The number of carbonyl (C=O) groups excluding carboxylic acids is 1. The van der Waals surface area contributed by atoms with Gasteiger partial charge in [0.1, 0.15) is 0 Å². The summed E-state index contributed by atoms with van der Waals surface area (Å²) in [5, 5.41) is 15.0. The Bertz CT molecular complexity index is 1570. The molecule has 0 aliphatic rings. The molecule has 0 bridgehead atoms. The molecule has 2 N–H and O–H groups in total. The van der Waals surface area contributed by atoms with Crippen molar-refractivity contribution >= 4 is 64.9 Å². The first-order valence-corrected chi connectivity index (χ1v) is 17.0. The van der Waals surface area contributed by atoms with E-state index in [1.165, 1.54) is 42.8 Å². The molecule has 211 valence electrons. The number of pyridine rings is 1. The van der Waals surface area contributed by atoms with Crippen molar-refractivity contribution < 1.29 is 4.79 Å². The van der Waals surface area contributed by atoms with Crippen LogP contribution in [0.3, 0.4) is 0 Å². The van der Waals surface area contributed by atoms with Crippen molar-refractivity contribution in [2.24, 2.45) is 5.73 Å². The second-order valence-corrected chi connectivity index (χ2v) is 12.9. The Morgan fingerprint density at radius 3 is 2.20 bits per heavy atom. The van der Waals surface area contributed by atoms with E-state index in [9.17, 15) is 10.1 Å². The second kappa shape index (κ2) is 14.3. The first kappa shape index (κ1) is 31.1. The van der Waals surface area contributed by atoms with Crippen LogP contribution in [0.2, 0.25) is 0 Å². The Morgan fingerprint density at radius 1 is 0.976 bits per heavy atom. The Hall–Kier alpha value is -2.89. The van der Waals surface area contributed by atoms with Gasteiger partial charge in [0.2, 0.25) is 0 Å². The molecular weight excluding hydrogens is 631 g/mol. The van der Waals surface area contributed by atoms with Gasteiger partial charge in [-0.15, -0.1) is 0 Å². The van der Waals surface area contributed by atoms with E-state index in [0.29, 0.717) is 22.4 Å². The molecule has 2 aromatic carbocycles. The quantitative estimate of drug-likeness (QED) is 0.149. The van der Waals surface area contributed by atoms with Crippen molar-refractivity contribution in [1.82, 2.24) is 4.98 Å². The van der Waals surface area contributed by atoms with Gasteiger partial charge in [-0.3, -0.25) is 0 Å².